The van der Waals surface area contributed by atoms with Crippen molar-refractivity contribution >= 4 is 29.5 Å². The number of benzene rings is 1. The van der Waals surface area contributed by atoms with Crippen molar-refractivity contribution in [2.75, 3.05) is 6.61 Å². The number of ether oxygens (including phenoxy) is 1. The standard InChI is InChI=1S/C18H23BO5/c1-7-21-16(20)15-11(2)13-10-12(8-9-14(13)22-15)19-23-17(3,4)18(5,6)24-19/h8-10H,7H2,1-6H3. The van der Waals surface area contributed by atoms with E-state index in [2.05, 4.69) is 0 Å². The van der Waals surface area contributed by atoms with Gasteiger partial charge in [-0.3, -0.25) is 0 Å². The highest BCUT2D eigenvalue weighted by molar-refractivity contribution is 6.62. The number of hydrogen-bond acceptors (Lipinski definition) is 5. The van der Waals surface area contributed by atoms with E-state index in [1.807, 2.05) is 52.8 Å². The lowest BCUT2D eigenvalue weighted by Crippen LogP contribution is -2.41. The molecular formula is C18H23BO5. The molecule has 1 aromatic carbocycles. The fourth-order valence-corrected chi connectivity index (χ4v) is 2.76. The summed E-state index contributed by atoms with van der Waals surface area (Å²) in [6.45, 7) is 12.0. The van der Waals surface area contributed by atoms with E-state index in [4.69, 9.17) is 18.5 Å². The summed E-state index contributed by atoms with van der Waals surface area (Å²) >= 11 is 0. The van der Waals surface area contributed by atoms with Gasteiger partial charge < -0.3 is 18.5 Å². The van der Waals surface area contributed by atoms with Crippen LogP contribution in [0.4, 0.5) is 0 Å². The molecule has 24 heavy (non-hydrogen) atoms. The number of furan rings is 1. The molecule has 1 saturated heterocycles. The summed E-state index contributed by atoms with van der Waals surface area (Å²) in [6.07, 6.45) is 0. The first-order valence-electron chi connectivity index (χ1n) is 8.22. The van der Waals surface area contributed by atoms with Crippen LogP contribution in [0.2, 0.25) is 0 Å². The molecule has 1 fully saturated rings. The maximum Gasteiger partial charge on any atom is 0.494 e. The van der Waals surface area contributed by atoms with E-state index in [1.165, 1.54) is 0 Å². The van der Waals surface area contributed by atoms with E-state index in [-0.39, 0.29) is 5.76 Å². The molecule has 0 spiro atoms. The van der Waals surface area contributed by atoms with Crippen LogP contribution in [0.3, 0.4) is 0 Å². The van der Waals surface area contributed by atoms with Gasteiger partial charge in [0, 0.05) is 10.9 Å². The van der Waals surface area contributed by atoms with E-state index in [0.29, 0.717) is 12.2 Å². The molecule has 0 N–H and O–H groups in total. The van der Waals surface area contributed by atoms with E-state index in [1.54, 1.807) is 6.92 Å². The first-order chi connectivity index (χ1) is 11.2. The third kappa shape index (κ3) is 2.64. The Hall–Kier alpha value is -1.79. The molecule has 1 aliphatic heterocycles. The molecule has 0 atom stereocenters. The van der Waals surface area contributed by atoms with E-state index >= 15 is 0 Å². The van der Waals surface area contributed by atoms with Crippen LogP contribution in [0.15, 0.2) is 22.6 Å². The molecule has 6 heteroatoms. The molecule has 0 amide bonds. The van der Waals surface area contributed by atoms with Crippen LogP contribution in [0.1, 0.15) is 50.7 Å². The fourth-order valence-electron chi connectivity index (χ4n) is 2.76. The largest absolute Gasteiger partial charge is 0.494 e. The SMILES string of the molecule is CCOC(=O)c1oc2ccc(B3OC(C)(C)C(C)(C)O3)cc2c1C. The zero-order valence-electron chi connectivity index (χ0n) is 15.1. The highest BCUT2D eigenvalue weighted by Gasteiger charge is 2.51. The summed E-state index contributed by atoms with van der Waals surface area (Å²) in [5, 5.41) is 0.866. The number of aryl methyl sites for hydroxylation is 1. The Labute approximate surface area is 142 Å². The summed E-state index contributed by atoms with van der Waals surface area (Å²) in [7, 11) is -0.445. The van der Waals surface area contributed by atoms with Crippen molar-refractivity contribution in [3.05, 3.63) is 29.5 Å². The third-order valence-corrected chi connectivity index (χ3v) is 4.95. The predicted molar refractivity (Wildman–Crippen MR) is 92.6 cm³/mol. The van der Waals surface area contributed by atoms with Gasteiger partial charge in [0.25, 0.3) is 0 Å². The van der Waals surface area contributed by atoms with Gasteiger partial charge in [0.1, 0.15) is 5.58 Å². The van der Waals surface area contributed by atoms with Crippen molar-refractivity contribution in [2.45, 2.75) is 52.7 Å². The Bertz CT molecular complexity index is 774. The summed E-state index contributed by atoms with van der Waals surface area (Å²) in [5.41, 5.74) is 1.53. The van der Waals surface area contributed by atoms with Gasteiger partial charge in [0.05, 0.1) is 17.8 Å². The van der Waals surface area contributed by atoms with Gasteiger partial charge in [-0.25, -0.2) is 4.79 Å². The monoisotopic (exact) mass is 330 g/mol. The number of carbonyl (C=O) groups excluding carboxylic acids is 1. The smallest absolute Gasteiger partial charge is 0.460 e. The average molecular weight is 330 g/mol. The molecule has 128 valence electrons. The second-order valence-corrected chi connectivity index (χ2v) is 7.12. The fraction of sp³-hybridized carbons (Fsp3) is 0.500. The number of rotatable bonds is 3. The average Bonchev–Trinajstić information content (AvgIpc) is 2.93. The first kappa shape index (κ1) is 17.1. The Morgan fingerprint density at radius 1 is 1.17 bits per heavy atom. The second kappa shape index (κ2) is 5.64. The molecule has 2 heterocycles. The molecule has 0 aliphatic carbocycles. The molecular weight excluding hydrogens is 307 g/mol. The van der Waals surface area contributed by atoms with Gasteiger partial charge in [-0.2, -0.15) is 0 Å². The third-order valence-electron chi connectivity index (χ3n) is 4.95. The van der Waals surface area contributed by atoms with Crippen molar-refractivity contribution in [1.29, 1.82) is 0 Å². The van der Waals surface area contributed by atoms with E-state index in [0.717, 1.165) is 16.4 Å². The van der Waals surface area contributed by atoms with Gasteiger partial charge in [0.15, 0.2) is 0 Å². The van der Waals surface area contributed by atoms with Gasteiger partial charge >= 0.3 is 13.1 Å². The Balaban J connectivity index is 1.98. The minimum Gasteiger partial charge on any atom is -0.460 e. The molecule has 5 nitrogen and oxygen atoms in total. The van der Waals surface area contributed by atoms with Crippen LogP contribution in [0.5, 0.6) is 0 Å². The second-order valence-electron chi connectivity index (χ2n) is 7.12. The lowest BCUT2D eigenvalue weighted by Gasteiger charge is -2.32. The van der Waals surface area contributed by atoms with Crippen LogP contribution in [-0.4, -0.2) is 30.9 Å². The van der Waals surface area contributed by atoms with Crippen molar-refractivity contribution in [2.24, 2.45) is 0 Å². The first-order valence-corrected chi connectivity index (χ1v) is 8.22. The zero-order valence-corrected chi connectivity index (χ0v) is 15.1. The van der Waals surface area contributed by atoms with Crippen LogP contribution in [-0.2, 0) is 14.0 Å². The number of carbonyl (C=O) groups is 1. The topological polar surface area (TPSA) is 57.9 Å². The Kier molecular flexibility index (Phi) is 4.01. The Morgan fingerprint density at radius 2 is 1.79 bits per heavy atom. The number of fused-ring (bicyclic) bond motifs is 1. The molecule has 0 radical (unpaired) electrons. The lowest BCUT2D eigenvalue weighted by atomic mass is 9.78. The molecule has 2 aromatic rings. The van der Waals surface area contributed by atoms with Crippen molar-refractivity contribution in [3.63, 3.8) is 0 Å². The van der Waals surface area contributed by atoms with E-state index < -0.39 is 24.3 Å². The van der Waals surface area contributed by atoms with Crippen LogP contribution in [0.25, 0.3) is 11.0 Å². The quantitative estimate of drug-likeness (QED) is 0.639. The van der Waals surface area contributed by atoms with Crippen molar-refractivity contribution < 1.29 is 23.3 Å². The minimum absolute atomic E-state index is 0.248. The van der Waals surface area contributed by atoms with E-state index in [9.17, 15) is 4.79 Å². The summed E-state index contributed by atoms with van der Waals surface area (Å²) in [6, 6.07) is 5.70. The summed E-state index contributed by atoms with van der Waals surface area (Å²) in [4.78, 5) is 12.0. The number of esters is 1. The minimum atomic E-state index is -0.445. The van der Waals surface area contributed by atoms with Crippen LogP contribution >= 0.6 is 0 Å². The summed E-state index contributed by atoms with van der Waals surface area (Å²) in [5.74, 6) is -0.193. The highest BCUT2D eigenvalue weighted by Crippen LogP contribution is 2.37. The Morgan fingerprint density at radius 3 is 2.38 bits per heavy atom. The van der Waals surface area contributed by atoms with Gasteiger partial charge in [-0.05, 0) is 53.1 Å². The van der Waals surface area contributed by atoms with Gasteiger partial charge in [-0.1, -0.05) is 12.1 Å². The van der Waals surface area contributed by atoms with Crippen LogP contribution < -0.4 is 5.46 Å². The molecule has 3 rings (SSSR count). The predicted octanol–water partition coefficient (Wildman–Crippen LogP) is 3.22. The lowest BCUT2D eigenvalue weighted by molar-refractivity contribution is 0.00578. The van der Waals surface area contributed by atoms with Gasteiger partial charge in [0.2, 0.25) is 5.76 Å². The summed E-state index contributed by atoms with van der Waals surface area (Å²) < 4.78 is 22.9. The zero-order chi connectivity index (χ0) is 17.7. The van der Waals surface area contributed by atoms with Crippen molar-refractivity contribution in [1.82, 2.24) is 0 Å². The normalized spacial score (nSPS) is 19.0. The highest BCUT2D eigenvalue weighted by atomic mass is 16.7. The molecule has 0 saturated carbocycles. The van der Waals surface area contributed by atoms with Crippen molar-refractivity contribution in [3.8, 4) is 0 Å². The molecule has 1 aromatic heterocycles. The number of hydrogen-bond donors (Lipinski definition) is 0. The maximum atomic E-state index is 12.0. The molecule has 0 unspecified atom stereocenters. The molecule has 1 aliphatic rings. The maximum absolute atomic E-state index is 12.0. The molecule has 0 bridgehead atoms. The van der Waals surface area contributed by atoms with Crippen LogP contribution in [0, 0.1) is 6.92 Å². The van der Waals surface area contributed by atoms with Gasteiger partial charge in [-0.15, -0.1) is 0 Å².